The van der Waals surface area contributed by atoms with Crippen molar-refractivity contribution in [1.82, 2.24) is 5.32 Å². The molecule has 27 heavy (non-hydrogen) atoms. The second-order valence-corrected chi connectivity index (χ2v) is 6.70. The molecule has 1 heterocycles. The highest BCUT2D eigenvalue weighted by Gasteiger charge is 2.37. The first-order valence-corrected chi connectivity index (χ1v) is 9.01. The van der Waals surface area contributed by atoms with Crippen LogP contribution in [0.3, 0.4) is 0 Å². The first-order chi connectivity index (χ1) is 12.9. The molecule has 2 aromatic rings. The van der Waals surface area contributed by atoms with Crippen LogP contribution in [0.25, 0.3) is 11.1 Å². The first-order valence-electron chi connectivity index (χ1n) is 9.01. The molecule has 3 rings (SSSR count). The van der Waals surface area contributed by atoms with Crippen LogP contribution in [0.4, 0.5) is 11.4 Å². The van der Waals surface area contributed by atoms with Crippen molar-refractivity contribution in [3.05, 3.63) is 48.0 Å². The van der Waals surface area contributed by atoms with Crippen LogP contribution < -0.4 is 16.0 Å². The van der Waals surface area contributed by atoms with Crippen molar-refractivity contribution in [3.63, 3.8) is 0 Å². The summed E-state index contributed by atoms with van der Waals surface area (Å²) < 4.78 is 0. The zero-order valence-electron chi connectivity index (χ0n) is 15.7. The Morgan fingerprint density at radius 3 is 2.59 bits per heavy atom. The molecule has 2 aromatic carbocycles. The summed E-state index contributed by atoms with van der Waals surface area (Å²) in [6.07, 6.45) is 0.261. The van der Waals surface area contributed by atoms with Gasteiger partial charge in [0, 0.05) is 17.7 Å². The van der Waals surface area contributed by atoms with Gasteiger partial charge in [0.15, 0.2) is 0 Å². The topological polar surface area (TPSA) is 92.5 Å². The molecule has 0 fully saturated rings. The van der Waals surface area contributed by atoms with E-state index in [1.807, 2.05) is 24.3 Å². The molecule has 1 aliphatic heterocycles. The van der Waals surface area contributed by atoms with E-state index < -0.39 is 17.9 Å². The predicted molar refractivity (Wildman–Crippen MR) is 105 cm³/mol. The number of nitrogens with zero attached hydrogens (tertiary/aromatic N) is 1. The van der Waals surface area contributed by atoms with Gasteiger partial charge in [-0.15, -0.1) is 0 Å². The normalized spacial score (nSPS) is 16.8. The first kappa shape index (κ1) is 18.6. The Balaban J connectivity index is 2.17. The van der Waals surface area contributed by atoms with Crippen LogP contribution >= 0.6 is 0 Å². The van der Waals surface area contributed by atoms with Crippen molar-refractivity contribution in [1.29, 1.82) is 0 Å². The molecule has 0 radical (unpaired) electrons. The van der Waals surface area contributed by atoms with Gasteiger partial charge in [-0.1, -0.05) is 37.3 Å². The summed E-state index contributed by atoms with van der Waals surface area (Å²) >= 11 is 0. The fourth-order valence-electron chi connectivity index (χ4n) is 3.41. The lowest BCUT2D eigenvalue weighted by Crippen LogP contribution is -2.50. The quantitative estimate of drug-likeness (QED) is 0.818. The molecule has 0 saturated heterocycles. The fraction of sp³-hybridized carbons (Fsp3) is 0.286. The maximum atomic E-state index is 13.2. The Morgan fingerprint density at radius 2 is 1.89 bits per heavy atom. The van der Waals surface area contributed by atoms with E-state index in [-0.39, 0.29) is 18.2 Å². The zero-order chi connectivity index (χ0) is 19.7. The van der Waals surface area contributed by atoms with Crippen molar-refractivity contribution in [2.45, 2.75) is 39.2 Å². The standard InChI is InChI=1S/C21H23N3O3/c1-4-18(25)23-13(3)21(27)24-17-11-7-10-16(22)19(17)15-9-6-5-8-14(15)12(2)20(24)26/h5-13H,4,22H2,1-3H3,(H,23,25)/t12?,13-/m0/s1. The van der Waals surface area contributed by atoms with E-state index in [9.17, 15) is 14.4 Å². The minimum atomic E-state index is -0.830. The number of hydrogen-bond acceptors (Lipinski definition) is 4. The largest absolute Gasteiger partial charge is 0.398 e. The number of carbonyl (C=O) groups excluding carboxylic acids is 3. The lowest BCUT2D eigenvalue weighted by molar-refractivity contribution is -0.131. The molecule has 0 spiro atoms. The monoisotopic (exact) mass is 365 g/mol. The van der Waals surface area contributed by atoms with Gasteiger partial charge in [-0.05, 0) is 37.1 Å². The zero-order valence-corrected chi connectivity index (χ0v) is 15.7. The summed E-state index contributed by atoms with van der Waals surface area (Å²) in [7, 11) is 0. The minimum absolute atomic E-state index is 0.248. The number of nitrogens with two attached hydrogens (primary N) is 1. The second-order valence-electron chi connectivity index (χ2n) is 6.70. The molecule has 3 N–H and O–H groups in total. The van der Waals surface area contributed by atoms with Crippen molar-refractivity contribution < 1.29 is 14.4 Å². The fourth-order valence-corrected chi connectivity index (χ4v) is 3.41. The van der Waals surface area contributed by atoms with Crippen molar-refractivity contribution in [2.75, 3.05) is 10.6 Å². The average Bonchev–Trinajstić information content (AvgIpc) is 2.76. The van der Waals surface area contributed by atoms with E-state index in [4.69, 9.17) is 5.73 Å². The van der Waals surface area contributed by atoms with Crippen LogP contribution in [0.2, 0.25) is 0 Å². The Kier molecular flexibility index (Phi) is 4.99. The molecule has 140 valence electrons. The molecule has 1 aliphatic rings. The summed E-state index contributed by atoms with van der Waals surface area (Å²) in [5, 5.41) is 2.64. The van der Waals surface area contributed by atoms with Crippen LogP contribution in [-0.4, -0.2) is 23.8 Å². The third kappa shape index (κ3) is 3.18. The minimum Gasteiger partial charge on any atom is -0.398 e. The van der Waals surface area contributed by atoms with Gasteiger partial charge in [0.05, 0.1) is 11.6 Å². The smallest absolute Gasteiger partial charge is 0.256 e. The van der Waals surface area contributed by atoms with E-state index in [0.717, 1.165) is 16.0 Å². The molecule has 6 heteroatoms. The lowest BCUT2D eigenvalue weighted by Gasteiger charge is -2.26. The average molecular weight is 365 g/mol. The van der Waals surface area contributed by atoms with Gasteiger partial charge < -0.3 is 11.1 Å². The van der Waals surface area contributed by atoms with Crippen molar-refractivity contribution in [3.8, 4) is 11.1 Å². The van der Waals surface area contributed by atoms with E-state index >= 15 is 0 Å². The molecule has 0 bridgehead atoms. The molecular formula is C21H23N3O3. The third-order valence-electron chi connectivity index (χ3n) is 4.89. The van der Waals surface area contributed by atoms with Gasteiger partial charge >= 0.3 is 0 Å². The van der Waals surface area contributed by atoms with E-state index in [1.165, 1.54) is 0 Å². The number of hydrogen-bond donors (Lipinski definition) is 2. The number of carbonyl (C=O) groups is 3. The third-order valence-corrected chi connectivity index (χ3v) is 4.89. The van der Waals surface area contributed by atoms with Crippen LogP contribution in [0.1, 0.15) is 38.7 Å². The maximum Gasteiger partial charge on any atom is 0.256 e. The highest BCUT2D eigenvalue weighted by molar-refractivity contribution is 6.22. The second kappa shape index (κ2) is 7.23. The van der Waals surface area contributed by atoms with Crippen molar-refractivity contribution >= 4 is 29.1 Å². The van der Waals surface area contributed by atoms with Gasteiger partial charge in [-0.25, -0.2) is 4.90 Å². The van der Waals surface area contributed by atoms with Gasteiger partial charge in [0.25, 0.3) is 5.91 Å². The van der Waals surface area contributed by atoms with E-state index in [1.54, 1.807) is 39.0 Å². The van der Waals surface area contributed by atoms with Gasteiger partial charge in [-0.3, -0.25) is 14.4 Å². The molecule has 1 unspecified atom stereocenters. The van der Waals surface area contributed by atoms with E-state index in [0.29, 0.717) is 16.9 Å². The summed E-state index contributed by atoms with van der Waals surface area (Å²) in [5.74, 6) is -1.59. The van der Waals surface area contributed by atoms with Gasteiger partial charge in [0.1, 0.15) is 6.04 Å². The summed E-state index contributed by atoms with van der Waals surface area (Å²) in [5.41, 5.74) is 9.49. The predicted octanol–water partition coefficient (Wildman–Crippen LogP) is 2.83. The number of nitrogens with one attached hydrogen (secondary N) is 1. The number of fused-ring (bicyclic) bond motifs is 3. The SMILES string of the molecule is CCC(=O)N[C@@H](C)C(=O)N1C(=O)C(C)c2ccccc2-c2c(N)cccc21. The highest BCUT2D eigenvalue weighted by atomic mass is 16.2. The Bertz CT molecular complexity index is 923. The van der Waals surface area contributed by atoms with Crippen LogP contribution in [0, 0.1) is 0 Å². The molecular weight excluding hydrogens is 342 g/mol. The molecule has 6 nitrogen and oxygen atoms in total. The molecule has 3 amide bonds. The molecule has 0 aromatic heterocycles. The van der Waals surface area contributed by atoms with Gasteiger partial charge in [-0.2, -0.15) is 0 Å². The van der Waals surface area contributed by atoms with E-state index in [2.05, 4.69) is 5.32 Å². The van der Waals surface area contributed by atoms with Gasteiger partial charge in [0.2, 0.25) is 11.8 Å². The van der Waals surface area contributed by atoms with Crippen LogP contribution in [0.5, 0.6) is 0 Å². The maximum absolute atomic E-state index is 13.2. The summed E-state index contributed by atoms with van der Waals surface area (Å²) in [6, 6.07) is 11.9. The van der Waals surface area contributed by atoms with Crippen LogP contribution in [-0.2, 0) is 14.4 Å². The number of benzene rings is 2. The summed E-state index contributed by atoms with van der Waals surface area (Å²) in [6.45, 7) is 5.06. The number of nitrogen functional groups attached to an aromatic ring is 1. The highest BCUT2D eigenvalue weighted by Crippen LogP contribution is 2.43. The summed E-state index contributed by atoms with van der Waals surface area (Å²) in [4.78, 5) is 39.2. The number of anilines is 2. The Labute approximate surface area is 158 Å². The Morgan fingerprint density at radius 1 is 1.19 bits per heavy atom. The lowest BCUT2D eigenvalue weighted by atomic mass is 9.92. The van der Waals surface area contributed by atoms with Crippen molar-refractivity contribution in [2.24, 2.45) is 0 Å². The number of imide groups is 1. The molecule has 0 saturated carbocycles. The molecule has 0 aliphatic carbocycles. The van der Waals surface area contributed by atoms with Crippen LogP contribution in [0.15, 0.2) is 42.5 Å². The Hall–Kier alpha value is -3.15. The number of amides is 3. The number of rotatable bonds is 3. The molecule has 2 atom stereocenters.